The van der Waals surface area contributed by atoms with Crippen molar-refractivity contribution in [2.75, 3.05) is 13.1 Å². The van der Waals surface area contributed by atoms with Gasteiger partial charge in [0.15, 0.2) is 17.8 Å². The van der Waals surface area contributed by atoms with Gasteiger partial charge in [0.25, 0.3) is 0 Å². The molecule has 0 saturated carbocycles. The molecule has 130 valence electrons. The van der Waals surface area contributed by atoms with Crippen molar-refractivity contribution in [1.29, 1.82) is 0 Å². The molecule has 0 unspecified atom stereocenters. The second-order valence-corrected chi connectivity index (χ2v) is 5.98. The second-order valence-electron chi connectivity index (χ2n) is 5.98. The maximum Gasteiger partial charge on any atom is 0.415 e. The number of carbonyl (C=O) groups is 2. The summed E-state index contributed by atoms with van der Waals surface area (Å²) >= 11 is 0. The van der Waals surface area contributed by atoms with Gasteiger partial charge in [0.2, 0.25) is 0 Å². The quantitative estimate of drug-likeness (QED) is 0.771. The first-order valence-electron chi connectivity index (χ1n) is 8.49. The van der Waals surface area contributed by atoms with Crippen LogP contribution in [0.3, 0.4) is 0 Å². The molecule has 1 aliphatic rings. The number of carbonyl (C=O) groups excluding carboxylic acids is 2. The van der Waals surface area contributed by atoms with Crippen molar-refractivity contribution in [3.8, 4) is 11.5 Å². The van der Waals surface area contributed by atoms with E-state index < -0.39 is 6.09 Å². The number of rotatable bonds is 5. The van der Waals surface area contributed by atoms with Crippen molar-refractivity contribution in [3.05, 3.63) is 59.7 Å². The molecule has 25 heavy (non-hydrogen) atoms. The zero-order valence-electron chi connectivity index (χ0n) is 14.0. The van der Waals surface area contributed by atoms with E-state index in [1.54, 1.807) is 23.1 Å². The lowest BCUT2D eigenvalue weighted by molar-refractivity contribution is 0.111. The van der Waals surface area contributed by atoms with Crippen molar-refractivity contribution in [1.82, 2.24) is 4.90 Å². The van der Waals surface area contributed by atoms with E-state index in [4.69, 9.17) is 9.47 Å². The molecule has 0 atom stereocenters. The molecular weight excluding hydrogens is 318 g/mol. The van der Waals surface area contributed by atoms with Crippen LogP contribution in [0.2, 0.25) is 0 Å². The van der Waals surface area contributed by atoms with Crippen molar-refractivity contribution in [2.24, 2.45) is 0 Å². The number of piperidine rings is 1. The number of amides is 1. The van der Waals surface area contributed by atoms with E-state index in [-0.39, 0.29) is 5.75 Å². The van der Waals surface area contributed by atoms with Gasteiger partial charge in [0, 0.05) is 13.1 Å². The molecule has 1 saturated heterocycles. The summed E-state index contributed by atoms with van der Waals surface area (Å²) in [6.45, 7) is 1.69. The van der Waals surface area contributed by atoms with Crippen LogP contribution in [0, 0.1) is 0 Å². The molecule has 5 heteroatoms. The molecule has 1 aliphatic heterocycles. The van der Waals surface area contributed by atoms with Gasteiger partial charge in [0.1, 0.15) is 6.61 Å². The second kappa shape index (κ2) is 8.33. The summed E-state index contributed by atoms with van der Waals surface area (Å²) in [4.78, 5) is 25.4. The van der Waals surface area contributed by atoms with Crippen LogP contribution in [-0.2, 0) is 6.61 Å². The number of likely N-dealkylation sites (tertiary alicyclic amines) is 1. The minimum atomic E-state index is -0.396. The maximum atomic E-state index is 12.4. The summed E-state index contributed by atoms with van der Waals surface area (Å²) in [6.07, 6.45) is 3.42. The molecule has 0 radical (unpaired) electrons. The van der Waals surface area contributed by atoms with Gasteiger partial charge >= 0.3 is 6.09 Å². The number of nitrogens with zero attached hydrogens (tertiary/aromatic N) is 1. The van der Waals surface area contributed by atoms with Gasteiger partial charge in [-0.05, 0) is 37.0 Å². The fourth-order valence-electron chi connectivity index (χ4n) is 2.83. The molecule has 1 heterocycles. The Hall–Kier alpha value is -2.82. The molecule has 3 rings (SSSR count). The molecule has 0 N–H and O–H groups in total. The fraction of sp³-hybridized carbons (Fsp3) is 0.300. The minimum Gasteiger partial charge on any atom is -0.484 e. The highest BCUT2D eigenvalue weighted by Gasteiger charge is 2.21. The molecule has 1 fully saturated rings. The summed E-state index contributed by atoms with van der Waals surface area (Å²) in [5.74, 6) is 0.572. The van der Waals surface area contributed by atoms with E-state index in [0.717, 1.165) is 24.8 Å². The van der Waals surface area contributed by atoms with Crippen LogP contribution >= 0.6 is 0 Å². The smallest absolute Gasteiger partial charge is 0.415 e. The van der Waals surface area contributed by atoms with Crippen LogP contribution in [0.25, 0.3) is 0 Å². The Morgan fingerprint density at radius 3 is 2.48 bits per heavy atom. The molecule has 2 aromatic carbocycles. The Morgan fingerprint density at radius 1 is 1.00 bits per heavy atom. The summed E-state index contributed by atoms with van der Waals surface area (Å²) in [5.41, 5.74) is 1.33. The summed E-state index contributed by atoms with van der Waals surface area (Å²) < 4.78 is 11.3. The lowest BCUT2D eigenvalue weighted by atomic mass is 10.1. The Balaban J connectivity index is 1.76. The predicted molar refractivity (Wildman–Crippen MR) is 94.1 cm³/mol. The largest absolute Gasteiger partial charge is 0.484 e. The highest BCUT2D eigenvalue weighted by Crippen LogP contribution is 2.32. The van der Waals surface area contributed by atoms with E-state index in [0.29, 0.717) is 37.3 Å². The average Bonchev–Trinajstić information content (AvgIpc) is 2.68. The van der Waals surface area contributed by atoms with E-state index in [9.17, 15) is 9.59 Å². The van der Waals surface area contributed by atoms with Gasteiger partial charge in [0.05, 0.1) is 5.56 Å². The number of benzene rings is 2. The number of hydrogen-bond acceptors (Lipinski definition) is 4. The summed E-state index contributed by atoms with van der Waals surface area (Å²) in [5, 5.41) is 0. The number of aldehydes is 1. The van der Waals surface area contributed by atoms with Gasteiger partial charge in [-0.2, -0.15) is 0 Å². The van der Waals surface area contributed by atoms with E-state index in [1.165, 1.54) is 0 Å². The first kappa shape index (κ1) is 17.0. The minimum absolute atomic E-state index is 0.274. The lowest BCUT2D eigenvalue weighted by Gasteiger charge is -2.26. The SMILES string of the molecule is O=Cc1cccc(OC(=O)N2CCCCC2)c1OCc1ccccc1. The maximum absolute atomic E-state index is 12.4. The lowest BCUT2D eigenvalue weighted by Crippen LogP contribution is -2.37. The highest BCUT2D eigenvalue weighted by molar-refractivity contribution is 5.82. The normalized spacial score (nSPS) is 14.0. The van der Waals surface area contributed by atoms with E-state index in [2.05, 4.69) is 0 Å². The van der Waals surface area contributed by atoms with Gasteiger partial charge in [-0.3, -0.25) is 4.79 Å². The zero-order chi connectivity index (χ0) is 17.5. The Bertz CT molecular complexity index is 724. The number of hydrogen-bond donors (Lipinski definition) is 0. The summed E-state index contributed by atoms with van der Waals surface area (Å²) in [7, 11) is 0. The summed E-state index contributed by atoms with van der Waals surface area (Å²) in [6, 6.07) is 14.6. The third-order valence-electron chi connectivity index (χ3n) is 4.17. The monoisotopic (exact) mass is 339 g/mol. The molecule has 1 amide bonds. The van der Waals surface area contributed by atoms with Gasteiger partial charge in [-0.1, -0.05) is 36.4 Å². The fourth-order valence-corrected chi connectivity index (χ4v) is 2.83. The highest BCUT2D eigenvalue weighted by atomic mass is 16.6. The number of ether oxygens (including phenoxy) is 2. The van der Waals surface area contributed by atoms with Crippen LogP contribution in [0.15, 0.2) is 48.5 Å². The van der Waals surface area contributed by atoms with Crippen LogP contribution in [0.1, 0.15) is 35.2 Å². The first-order chi connectivity index (χ1) is 12.3. The van der Waals surface area contributed by atoms with Gasteiger partial charge in [-0.15, -0.1) is 0 Å². The molecule has 5 nitrogen and oxygen atoms in total. The van der Waals surface area contributed by atoms with Crippen molar-refractivity contribution < 1.29 is 19.1 Å². The van der Waals surface area contributed by atoms with Crippen LogP contribution in [0.5, 0.6) is 11.5 Å². The van der Waals surface area contributed by atoms with E-state index >= 15 is 0 Å². The molecular formula is C20H21NO4. The van der Waals surface area contributed by atoms with Gasteiger partial charge < -0.3 is 14.4 Å². The predicted octanol–water partition coefficient (Wildman–Crippen LogP) is 4.06. The van der Waals surface area contributed by atoms with Crippen molar-refractivity contribution in [2.45, 2.75) is 25.9 Å². The van der Waals surface area contributed by atoms with Crippen molar-refractivity contribution in [3.63, 3.8) is 0 Å². The Kier molecular flexibility index (Phi) is 5.67. The zero-order valence-corrected chi connectivity index (χ0v) is 14.0. The Morgan fingerprint density at radius 2 is 1.76 bits per heavy atom. The van der Waals surface area contributed by atoms with Crippen LogP contribution < -0.4 is 9.47 Å². The van der Waals surface area contributed by atoms with Crippen LogP contribution in [0.4, 0.5) is 4.79 Å². The van der Waals surface area contributed by atoms with Crippen molar-refractivity contribution >= 4 is 12.4 Å². The third-order valence-corrected chi connectivity index (χ3v) is 4.17. The number of para-hydroxylation sites is 1. The molecule has 0 aromatic heterocycles. The topological polar surface area (TPSA) is 55.8 Å². The standard InChI is InChI=1S/C20H21NO4/c22-14-17-10-7-11-18(25-20(23)21-12-5-2-6-13-21)19(17)24-15-16-8-3-1-4-9-16/h1,3-4,7-11,14H,2,5-6,12-13,15H2. The van der Waals surface area contributed by atoms with Gasteiger partial charge in [-0.25, -0.2) is 4.79 Å². The average molecular weight is 339 g/mol. The first-order valence-corrected chi connectivity index (χ1v) is 8.49. The molecule has 2 aromatic rings. The third kappa shape index (κ3) is 4.38. The molecule has 0 spiro atoms. The Labute approximate surface area is 147 Å². The van der Waals surface area contributed by atoms with Crippen LogP contribution in [-0.4, -0.2) is 30.4 Å². The molecule has 0 bridgehead atoms. The van der Waals surface area contributed by atoms with E-state index in [1.807, 2.05) is 30.3 Å². The molecule has 0 aliphatic carbocycles.